The summed E-state index contributed by atoms with van der Waals surface area (Å²) in [6, 6.07) is 11.9. The summed E-state index contributed by atoms with van der Waals surface area (Å²) in [6.45, 7) is 3.68. The summed E-state index contributed by atoms with van der Waals surface area (Å²) in [5.74, 6) is 0.497. The molecule has 6 rings (SSSR count). The van der Waals surface area contributed by atoms with Gasteiger partial charge in [-0.1, -0.05) is 0 Å². The molecule has 3 aromatic rings. The average Bonchev–Trinajstić information content (AvgIpc) is 3.93. The molecule has 0 unspecified atom stereocenters. The van der Waals surface area contributed by atoms with Gasteiger partial charge in [0.05, 0.1) is 29.8 Å². The van der Waals surface area contributed by atoms with Crippen molar-refractivity contribution in [2.45, 2.75) is 54.3 Å². The third kappa shape index (κ3) is 5.66. The number of amides is 3. The number of pyridine rings is 1. The van der Waals surface area contributed by atoms with Gasteiger partial charge in [0.15, 0.2) is 15.7 Å². The van der Waals surface area contributed by atoms with E-state index in [0.717, 1.165) is 12.8 Å². The van der Waals surface area contributed by atoms with Gasteiger partial charge >= 0.3 is 6.03 Å². The summed E-state index contributed by atoms with van der Waals surface area (Å²) in [5.41, 5.74) is 1.57. The fourth-order valence-corrected chi connectivity index (χ4v) is 7.35. The Kier molecular flexibility index (Phi) is 7.55. The van der Waals surface area contributed by atoms with Gasteiger partial charge < -0.3 is 25.2 Å². The quantitative estimate of drug-likeness (QED) is 0.395. The number of aromatic nitrogens is 3. The van der Waals surface area contributed by atoms with Gasteiger partial charge in [0, 0.05) is 50.2 Å². The molecule has 0 bridgehead atoms. The second kappa shape index (κ2) is 11.2. The van der Waals surface area contributed by atoms with Gasteiger partial charge in [0.25, 0.3) is 5.91 Å². The van der Waals surface area contributed by atoms with E-state index in [1.165, 1.54) is 23.2 Å². The van der Waals surface area contributed by atoms with Crippen molar-refractivity contribution in [1.82, 2.24) is 25.2 Å². The van der Waals surface area contributed by atoms with Gasteiger partial charge in [-0.25, -0.2) is 28.2 Å². The first-order chi connectivity index (χ1) is 20.6. The number of urea groups is 1. The number of nitrogens with zero attached hydrogens (tertiary/aromatic N) is 5. The van der Waals surface area contributed by atoms with Gasteiger partial charge in [0.1, 0.15) is 16.3 Å². The van der Waals surface area contributed by atoms with E-state index in [-0.39, 0.29) is 28.7 Å². The van der Waals surface area contributed by atoms with E-state index in [0.29, 0.717) is 61.2 Å². The Morgan fingerprint density at radius 1 is 1.09 bits per heavy atom. The van der Waals surface area contributed by atoms with Gasteiger partial charge in [-0.15, -0.1) is 0 Å². The second-order valence-corrected chi connectivity index (χ2v) is 13.8. The number of rotatable bonds is 8. The Morgan fingerprint density at radius 2 is 1.84 bits per heavy atom. The summed E-state index contributed by atoms with van der Waals surface area (Å²) >= 11 is 0. The van der Waals surface area contributed by atoms with E-state index in [2.05, 4.69) is 20.5 Å². The number of carbonyl (C=O) groups excluding carboxylic acids is 2. The maximum absolute atomic E-state index is 14.3. The Bertz CT molecular complexity index is 1650. The van der Waals surface area contributed by atoms with Crippen LogP contribution >= 0.6 is 0 Å². The zero-order chi connectivity index (χ0) is 30.4. The molecular weight excluding hydrogens is 570 g/mol. The molecule has 12 nitrogen and oxygen atoms in total. The zero-order valence-corrected chi connectivity index (χ0v) is 25.2. The number of morpholine rings is 1. The standard InChI is InChI=1S/C30H35N7O5S/c1-19-18-42-16-15-37(19)25-17-24(30(12-13-30)43(40,41)23-5-4-14-31-26(23)28(38)36(2)3)34-27(35-25)20-6-8-21(9-7-20)32-29(39)33-22-10-11-22/h4-9,14,17,19,22H,10-13,15-16,18H2,1-3H3,(H2,32,33,39)/t19-/m0/s1. The van der Waals surface area contributed by atoms with E-state index in [1.54, 1.807) is 44.4 Å². The molecule has 226 valence electrons. The van der Waals surface area contributed by atoms with Gasteiger partial charge in [-0.05, 0) is 69.0 Å². The maximum atomic E-state index is 14.3. The van der Waals surface area contributed by atoms with Crippen LogP contribution in [-0.4, -0.2) is 86.1 Å². The van der Waals surface area contributed by atoms with Crippen LogP contribution in [0.1, 0.15) is 48.8 Å². The zero-order valence-electron chi connectivity index (χ0n) is 24.4. The number of benzene rings is 1. The van der Waals surface area contributed by atoms with Crippen LogP contribution in [0.5, 0.6) is 0 Å². The highest BCUT2D eigenvalue weighted by molar-refractivity contribution is 7.92. The summed E-state index contributed by atoms with van der Waals surface area (Å²) in [7, 11) is -0.947. The fraction of sp³-hybridized carbons (Fsp3) is 0.433. The molecule has 1 aromatic carbocycles. The van der Waals surface area contributed by atoms with E-state index in [4.69, 9.17) is 14.7 Å². The van der Waals surface area contributed by atoms with E-state index in [9.17, 15) is 18.0 Å². The molecule has 13 heteroatoms. The minimum atomic E-state index is -4.07. The lowest BCUT2D eigenvalue weighted by molar-refractivity contribution is 0.0817. The maximum Gasteiger partial charge on any atom is 0.319 e. The molecule has 2 N–H and O–H groups in total. The van der Waals surface area contributed by atoms with Crippen LogP contribution in [0.2, 0.25) is 0 Å². The van der Waals surface area contributed by atoms with Crippen molar-refractivity contribution in [3.63, 3.8) is 0 Å². The summed E-state index contributed by atoms with van der Waals surface area (Å²) in [5, 5.41) is 5.73. The molecule has 3 amide bonds. The van der Waals surface area contributed by atoms with Crippen LogP contribution in [0.25, 0.3) is 11.4 Å². The molecule has 3 aliphatic rings. The lowest BCUT2D eigenvalue weighted by Crippen LogP contribution is -2.44. The molecule has 2 aromatic heterocycles. The number of anilines is 2. The Balaban J connectivity index is 1.40. The minimum Gasteiger partial charge on any atom is -0.377 e. The molecule has 2 aliphatic carbocycles. The summed E-state index contributed by atoms with van der Waals surface area (Å²) < 4.78 is 33.0. The highest BCUT2D eigenvalue weighted by atomic mass is 32.2. The lowest BCUT2D eigenvalue weighted by atomic mass is 10.1. The van der Waals surface area contributed by atoms with Gasteiger partial charge in [0.2, 0.25) is 0 Å². The molecule has 3 fully saturated rings. The monoisotopic (exact) mass is 605 g/mol. The summed E-state index contributed by atoms with van der Waals surface area (Å²) in [4.78, 5) is 42.3. The predicted molar refractivity (Wildman–Crippen MR) is 161 cm³/mol. The Morgan fingerprint density at radius 3 is 2.49 bits per heavy atom. The third-order valence-electron chi connectivity index (χ3n) is 8.04. The highest BCUT2D eigenvalue weighted by Crippen LogP contribution is 2.55. The van der Waals surface area contributed by atoms with Crippen LogP contribution in [0.3, 0.4) is 0 Å². The van der Waals surface area contributed by atoms with Crippen LogP contribution < -0.4 is 15.5 Å². The molecule has 2 saturated carbocycles. The molecule has 1 saturated heterocycles. The molecule has 0 spiro atoms. The highest BCUT2D eigenvalue weighted by Gasteiger charge is 2.59. The van der Waals surface area contributed by atoms with Crippen molar-refractivity contribution in [3.8, 4) is 11.4 Å². The predicted octanol–water partition coefficient (Wildman–Crippen LogP) is 3.21. The molecular formula is C30H35N7O5S. The Labute approximate surface area is 250 Å². The largest absolute Gasteiger partial charge is 0.377 e. The van der Waals surface area contributed by atoms with Gasteiger partial charge in [-0.2, -0.15) is 0 Å². The molecule has 0 radical (unpaired) electrons. The van der Waals surface area contributed by atoms with Crippen molar-refractivity contribution < 1.29 is 22.7 Å². The Hall–Kier alpha value is -4.10. The van der Waals surface area contributed by atoms with Crippen molar-refractivity contribution in [2.75, 3.05) is 44.1 Å². The van der Waals surface area contributed by atoms with E-state index < -0.39 is 20.5 Å². The second-order valence-electron chi connectivity index (χ2n) is 11.5. The average molecular weight is 606 g/mol. The summed E-state index contributed by atoms with van der Waals surface area (Å²) in [6.07, 6.45) is 4.12. The number of hydrogen-bond donors (Lipinski definition) is 2. The van der Waals surface area contributed by atoms with Gasteiger partial charge in [-0.3, -0.25) is 4.79 Å². The number of ether oxygens (including phenoxy) is 1. The third-order valence-corrected chi connectivity index (χ3v) is 10.6. The van der Waals surface area contributed by atoms with Crippen LogP contribution in [0.15, 0.2) is 53.6 Å². The number of sulfone groups is 1. The van der Waals surface area contributed by atoms with Crippen molar-refractivity contribution in [2.24, 2.45) is 0 Å². The molecule has 1 atom stereocenters. The minimum absolute atomic E-state index is 0.0234. The van der Waals surface area contributed by atoms with Crippen molar-refractivity contribution >= 4 is 33.3 Å². The molecule has 3 heterocycles. The topological polar surface area (TPSA) is 147 Å². The van der Waals surface area contributed by atoms with Crippen LogP contribution in [-0.2, 0) is 19.3 Å². The van der Waals surface area contributed by atoms with E-state index in [1.807, 2.05) is 6.92 Å². The molecule has 1 aliphatic heterocycles. The first kappa shape index (κ1) is 29.0. The first-order valence-corrected chi connectivity index (χ1v) is 15.9. The normalized spacial score (nSPS) is 19.4. The van der Waals surface area contributed by atoms with Crippen LogP contribution in [0, 0.1) is 0 Å². The number of hydrogen-bond acceptors (Lipinski definition) is 9. The smallest absolute Gasteiger partial charge is 0.319 e. The molecule has 43 heavy (non-hydrogen) atoms. The fourth-order valence-electron chi connectivity index (χ4n) is 5.26. The lowest BCUT2D eigenvalue weighted by Gasteiger charge is -2.34. The van der Waals surface area contributed by atoms with Crippen LogP contribution in [0.4, 0.5) is 16.3 Å². The SMILES string of the molecule is C[C@H]1COCCN1c1cc(C2(S(=O)(=O)c3cccnc3C(=O)N(C)C)CC2)nc(-c2ccc(NC(=O)NC3CC3)cc2)n1. The van der Waals surface area contributed by atoms with Crippen molar-refractivity contribution in [3.05, 3.63) is 60.0 Å². The van der Waals surface area contributed by atoms with Crippen molar-refractivity contribution in [1.29, 1.82) is 0 Å². The number of carbonyl (C=O) groups is 2. The number of nitrogens with one attached hydrogen (secondary N) is 2. The first-order valence-electron chi connectivity index (χ1n) is 14.4. The van der Waals surface area contributed by atoms with E-state index >= 15 is 0 Å².